The van der Waals surface area contributed by atoms with Crippen molar-refractivity contribution in [3.05, 3.63) is 58.7 Å². The molecule has 0 saturated carbocycles. The molecule has 0 bridgehead atoms. The van der Waals surface area contributed by atoms with Crippen molar-refractivity contribution in [1.29, 1.82) is 5.26 Å². The van der Waals surface area contributed by atoms with Gasteiger partial charge < -0.3 is 14.8 Å². The van der Waals surface area contributed by atoms with Crippen molar-refractivity contribution >= 4 is 5.91 Å². The average molecular weight is 324 g/mol. The summed E-state index contributed by atoms with van der Waals surface area (Å²) in [7, 11) is 3.12. The van der Waals surface area contributed by atoms with Crippen LogP contribution >= 0.6 is 0 Å². The molecule has 0 aliphatic rings. The molecule has 0 aliphatic carbocycles. The van der Waals surface area contributed by atoms with Gasteiger partial charge >= 0.3 is 0 Å². The van der Waals surface area contributed by atoms with Crippen LogP contribution in [-0.2, 0) is 0 Å². The number of methoxy groups -OCH3 is 2. The lowest BCUT2D eigenvalue weighted by molar-refractivity contribution is 0.0939. The second-order valence-corrected chi connectivity index (χ2v) is 5.43. The molecule has 1 unspecified atom stereocenters. The van der Waals surface area contributed by atoms with Gasteiger partial charge in [0, 0.05) is 11.1 Å². The number of carbonyl (C=O) groups excluding carboxylic acids is 1. The van der Waals surface area contributed by atoms with Crippen LogP contribution in [0.15, 0.2) is 36.4 Å². The Hall–Kier alpha value is -3.00. The maximum atomic E-state index is 12.5. The lowest BCUT2D eigenvalue weighted by Gasteiger charge is -2.16. The summed E-state index contributed by atoms with van der Waals surface area (Å²) in [5.41, 5.74) is 2.82. The second-order valence-electron chi connectivity index (χ2n) is 5.43. The Morgan fingerprint density at radius 2 is 1.67 bits per heavy atom. The summed E-state index contributed by atoms with van der Waals surface area (Å²) in [4.78, 5) is 12.5. The fourth-order valence-corrected chi connectivity index (χ4v) is 2.43. The van der Waals surface area contributed by atoms with Gasteiger partial charge in [0.25, 0.3) is 5.91 Å². The number of rotatable bonds is 5. The molecule has 2 aromatic carbocycles. The third-order valence-corrected chi connectivity index (χ3v) is 3.90. The average Bonchev–Trinajstić information content (AvgIpc) is 2.61. The molecule has 0 heterocycles. The molecule has 1 amide bonds. The summed E-state index contributed by atoms with van der Waals surface area (Å²) in [6.07, 6.45) is 0. The fraction of sp³-hybridized carbons (Fsp3) is 0.263. The van der Waals surface area contributed by atoms with Crippen molar-refractivity contribution in [2.75, 3.05) is 14.2 Å². The molecule has 5 nitrogen and oxygen atoms in total. The van der Waals surface area contributed by atoms with E-state index < -0.39 is 0 Å². The fourth-order valence-electron chi connectivity index (χ4n) is 2.43. The summed E-state index contributed by atoms with van der Waals surface area (Å²) in [6.45, 7) is 3.76. The summed E-state index contributed by atoms with van der Waals surface area (Å²) < 4.78 is 10.6. The van der Waals surface area contributed by atoms with Crippen molar-refractivity contribution in [3.8, 4) is 17.6 Å². The number of hydrogen-bond donors (Lipinski definition) is 1. The van der Waals surface area contributed by atoms with E-state index in [-0.39, 0.29) is 11.9 Å². The number of carbonyl (C=O) groups is 1. The van der Waals surface area contributed by atoms with Gasteiger partial charge in [0.05, 0.1) is 31.9 Å². The first kappa shape index (κ1) is 17.4. The highest BCUT2D eigenvalue weighted by Gasteiger charge is 2.16. The first-order chi connectivity index (χ1) is 11.5. The number of amides is 1. The van der Waals surface area contributed by atoms with E-state index in [9.17, 15) is 4.79 Å². The molecule has 0 fully saturated rings. The van der Waals surface area contributed by atoms with Gasteiger partial charge in [0.2, 0.25) is 0 Å². The van der Waals surface area contributed by atoms with Gasteiger partial charge in [-0.2, -0.15) is 5.26 Å². The van der Waals surface area contributed by atoms with Crippen LogP contribution in [0.4, 0.5) is 0 Å². The Balaban J connectivity index is 2.21. The first-order valence-corrected chi connectivity index (χ1v) is 7.53. The zero-order chi connectivity index (χ0) is 17.7. The number of ether oxygens (including phenoxy) is 2. The molecule has 124 valence electrons. The van der Waals surface area contributed by atoms with Crippen molar-refractivity contribution in [2.24, 2.45) is 0 Å². The minimum Gasteiger partial charge on any atom is -0.496 e. The van der Waals surface area contributed by atoms with Crippen LogP contribution in [0.2, 0.25) is 0 Å². The number of nitriles is 1. The predicted octanol–water partition coefficient (Wildman–Crippen LogP) is 3.37. The largest absolute Gasteiger partial charge is 0.496 e. The minimum absolute atomic E-state index is 0.191. The summed E-state index contributed by atoms with van der Waals surface area (Å²) >= 11 is 0. The zero-order valence-corrected chi connectivity index (χ0v) is 14.2. The molecular formula is C19H20N2O3. The van der Waals surface area contributed by atoms with E-state index in [4.69, 9.17) is 14.7 Å². The van der Waals surface area contributed by atoms with E-state index in [0.717, 1.165) is 11.1 Å². The zero-order valence-electron chi connectivity index (χ0n) is 14.2. The topological polar surface area (TPSA) is 71.3 Å². The Morgan fingerprint density at radius 1 is 1.12 bits per heavy atom. The van der Waals surface area contributed by atoms with E-state index in [1.54, 1.807) is 38.5 Å². The molecule has 0 aliphatic heterocycles. The van der Waals surface area contributed by atoms with E-state index in [1.165, 1.54) is 0 Å². The SMILES string of the molecule is COc1cc(C(=O)NC(C)c2ccc(C#N)cc2)cc(OC)c1C. The van der Waals surface area contributed by atoms with Gasteiger partial charge in [-0.1, -0.05) is 12.1 Å². The maximum absolute atomic E-state index is 12.5. The summed E-state index contributed by atoms with van der Waals surface area (Å²) in [6, 6.07) is 12.4. The van der Waals surface area contributed by atoms with E-state index in [2.05, 4.69) is 11.4 Å². The molecule has 0 saturated heterocycles. The van der Waals surface area contributed by atoms with Crippen LogP contribution in [-0.4, -0.2) is 20.1 Å². The van der Waals surface area contributed by atoms with E-state index >= 15 is 0 Å². The standard InChI is InChI=1S/C19H20N2O3/c1-12-17(23-3)9-16(10-18(12)24-4)19(22)21-13(2)15-7-5-14(11-20)6-8-15/h5-10,13H,1-4H3,(H,21,22). The molecule has 0 aromatic heterocycles. The molecule has 24 heavy (non-hydrogen) atoms. The highest BCUT2D eigenvalue weighted by Crippen LogP contribution is 2.29. The Morgan fingerprint density at radius 3 is 2.12 bits per heavy atom. The highest BCUT2D eigenvalue weighted by atomic mass is 16.5. The quantitative estimate of drug-likeness (QED) is 0.915. The molecule has 0 radical (unpaired) electrons. The second kappa shape index (κ2) is 7.51. The Kier molecular flexibility index (Phi) is 5.43. The number of benzene rings is 2. The van der Waals surface area contributed by atoms with Crippen molar-refractivity contribution in [3.63, 3.8) is 0 Å². The molecule has 2 rings (SSSR count). The van der Waals surface area contributed by atoms with Gasteiger partial charge in [-0.05, 0) is 43.7 Å². The van der Waals surface area contributed by atoms with E-state index in [0.29, 0.717) is 22.6 Å². The van der Waals surface area contributed by atoms with Crippen LogP contribution in [0.3, 0.4) is 0 Å². The van der Waals surface area contributed by atoms with Crippen molar-refractivity contribution in [2.45, 2.75) is 19.9 Å². The van der Waals surface area contributed by atoms with Gasteiger partial charge in [-0.15, -0.1) is 0 Å². The number of hydrogen-bond acceptors (Lipinski definition) is 4. The Bertz CT molecular complexity index is 751. The molecule has 0 spiro atoms. The molecule has 5 heteroatoms. The van der Waals surface area contributed by atoms with Gasteiger partial charge in [-0.25, -0.2) is 0 Å². The highest BCUT2D eigenvalue weighted by molar-refractivity contribution is 5.95. The third-order valence-electron chi connectivity index (χ3n) is 3.90. The Labute approximate surface area is 141 Å². The normalized spacial score (nSPS) is 11.3. The van der Waals surface area contributed by atoms with Gasteiger partial charge in [0.15, 0.2) is 0 Å². The van der Waals surface area contributed by atoms with Gasteiger partial charge in [-0.3, -0.25) is 4.79 Å². The predicted molar refractivity (Wildman–Crippen MR) is 91.3 cm³/mol. The van der Waals surface area contributed by atoms with Crippen LogP contribution in [0, 0.1) is 18.3 Å². The minimum atomic E-state index is -0.219. The van der Waals surface area contributed by atoms with Crippen molar-refractivity contribution in [1.82, 2.24) is 5.32 Å². The van der Waals surface area contributed by atoms with Crippen LogP contribution in [0.1, 0.15) is 40.0 Å². The monoisotopic (exact) mass is 324 g/mol. The molecular weight excluding hydrogens is 304 g/mol. The van der Waals surface area contributed by atoms with Gasteiger partial charge in [0.1, 0.15) is 11.5 Å². The molecule has 1 N–H and O–H groups in total. The smallest absolute Gasteiger partial charge is 0.252 e. The van der Waals surface area contributed by atoms with E-state index in [1.807, 2.05) is 26.0 Å². The maximum Gasteiger partial charge on any atom is 0.252 e. The number of nitrogens with zero attached hydrogens (tertiary/aromatic N) is 1. The summed E-state index contributed by atoms with van der Waals surface area (Å²) in [5, 5.41) is 11.8. The lowest BCUT2D eigenvalue weighted by Crippen LogP contribution is -2.26. The third kappa shape index (κ3) is 3.66. The van der Waals surface area contributed by atoms with Crippen LogP contribution in [0.5, 0.6) is 11.5 Å². The van der Waals surface area contributed by atoms with Crippen LogP contribution in [0.25, 0.3) is 0 Å². The molecule has 1 atom stereocenters. The molecule has 2 aromatic rings. The number of nitrogens with one attached hydrogen (secondary N) is 1. The lowest BCUT2D eigenvalue weighted by atomic mass is 10.0. The first-order valence-electron chi connectivity index (χ1n) is 7.53. The summed E-state index contributed by atoms with van der Waals surface area (Å²) in [5.74, 6) is 0.986. The van der Waals surface area contributed by atoms with Crippen molar-refractivity contribution < 1.29 is 14.3 Å². The van der Waals surface area contributed by atoms with Crippen LogP contribution < -0.4 is 14.8 Å².